The number of aromatic nitrogens is 1. The molecule has 0 aliphatic heterocycles. The molecule has 1 aromatic heterocycles. The fourth-order valence-corrected chi connectivity index (χ4v) is 3.73. The summed E-state index contributed by atoms with van der Waals surface area (Å²) in [4.78, 5) is 16.4. The molecule has 35 heavy (non-hydrogen) atoms. The van der Waals surface area contributed by atoms with Crippen molar-refractivity contribution in [3.8, 4) is 16.9 Å². The fraction of sp³-hybridized carbons (Fsp3) is 0.214. The lowest BCUT2D eigenvalue weighted by Crippen LogP contribution is -2.08. The first kappa shape index (κ1) is 25.7. The fourth-order valence-electron chi connectivity index (χ4n) is 3.73. The van der Waals surface area contributed by atoms with Crippen molar-refractivity contribution in [1.29, 1.82) is 0 Å². The molecule has 1 amide bonds. The van der Waals surface area contributed by atoms with Crippen molar-refractivity contribution in [1.82, 2.24) is 4.98 Å². The summed E-state index contributed by atoms with van der Waals surface area (Å²) in [7, 11) is 1.32. The molecule has 0 aliphatic rings. The number of carbonyl (C=O) groups excluding carboxylic acids is 1. The number of allylic oxidation sites excluding steroid dienone is 2. The van der Waals surface area contributed by atoms with Crippen molar-refractivity contribution in [2.24, 2.45) is 0 Å². The topological polar surface area (TPSA) is 51.2 Å². The molecule has 0 bridgehead atoms. The summed E-state index contributed by atoms with van der Waals surface area (Å²) in [6, 6.07) is 7.96. The molecule has 0 saturated heterocycles. The van der Waals surface area contributed by atoms with Gasteiger partial charge < -0.3 is 10.1 Å². The normalized spacial score (nSPS) is 11.7. The van der Waals surface area contributed by atoms with Gasteiger partial charge in [0.1, 0.15) is 11.6 Å². The SMILES string of the molecule is C/C=C/C(=O)Nc1ccc(F)c(-c2cnc(C)c(/C(=C\CCC)c3cc(F)cc(F)c3OC)c2)c1. The van der Waals surface area contributed by atoms with Crippen LogP contribution in [-0.2, 0) is 4.79 Å². The lowest BCUT2D eigenvalue weighted by Gasteiger charge is -2.17. The van der Waals surface area contributed by atoms with Crippen molar-refractivity contribution in [3.63, 3.8) is 0 Å². The second kappa shape index (κ2) is 11.5. The predicted molar refractivity (Wildman–Crippen MR) is 133 cm³/mol. The van der Waals surface area contributed by atoms with Gasteiger partial charge in [-0.2, -0.15) is 0 Å². The number of nitrogens with one attached hydrogen (secondary N) is 1. The molecule has 0 unspecified atom stereocenters. The Balaban J connectivity index is 2.17. The van der Waals surface area contributed by atoms with Gasteiger partial charge in [0.05, 0.1) is 7.11 Å². The minimum Gasteiger partial charge on any atom is -0.493 e. The van der Waals surface area contributed by atoms with Crippen molar-refractivity contribution in [2.45, 2.75) is 33.6 Å². The molecule has 0 aliphatic carbocycles. The number of pyridine rings is 1. The summed E-state index contributed by atoms with van der Waals surface area (Å²) >= 11 is 0. The number of methoxy groups -OCH3 is 1. The Hall–Kier alpha value is -3.87. The third-order valence-electron chi connectivity index (χ3n) is 5.38. The van der Waals surface area contributed by atoms with Crippen LogP contribution in [0.1, 0.15) is 43.5 Å². The van der Waals surface area contributed by atoms with E-state index in [4.69, 9.17) is 4.74 Å². The van der Waals surface area contributed by atoms with Gasteiger partial charge in [0.25, 0.3) is 0 Å². The maximum atomic E-state index is 14.8. The van der Waals surface area contributed by atoms with Gasteiger partial charge in [-0.05, 0) is 62.2 Å². The number of hydrogen-bond donors (Lipinski definition) is 1. The first-order valence-corrected chi connectivity index (χ1v) is 11.2. The Morgan fingerprint density at radius 1 is 1.09 bits per heavy atom. The van der Waals surface area contributed by atoms with Crippen molar-refractivity contribution in [2.75, 3.05) is 12.4 Å². The van der Waals surface area contributed by atoms with Gasteiger partial charge >= 0.3 is 0 Å². The van der Waals surface area contributed by atoms with Gasteiger partial charge in [-0.3, -0.25) is 9.78 Å². The Morgan fingerprint density at radius 3 is 2.54 bits per heavy atom. The molecule has 3 aromatic rings. The standard InChI is InChI=1S/C28H27F3N2O2/c1-5-7-9-21(24-13-19(29)14-26(31)28(24)35-4)22-12-18(16-32-17(22)3)23-15-20(10-11-25(23)30)33-27(34)8-6-2/h6,8-16H,5,7H2,1-4H3,(H,33,34)/b8-6+,21-9+. The van der Waals surface area contributed by atoms with Crippen LogP contribution in [0, 0.1) is 24.4 Å². The van der Waals surface area contributed by atoms with Crippen LogP contribution >= 0.6 is 0 Å². The third-order valence-corrected chi connectivity index (χ3v) is 5.38. The average Bonchev–Trinajstić information content (AvgIpc) is 2.81. The molecule has 0 saturated carbocycles. The largest absolute Gasteiger partial charge is 0.493 e. The summed E-state index contributed by atoms with van der Waals surface area (Å²) in [5.41, 5.74) is 3.05. The molecular weight excluding hydrogens is 453 g/mol. The zero-order valence-electron chi connectivity index (χ0n) is 20.1. The number of anilines is 1. The van der Waals surface area contributed by atoms with Crippen LogP contribution in [-0.4, -0.2) is 18.0 Å². The molecule has 0 atom stereocenters. The number of ether oxygens (including phenoxy) is 1. The van der Waals surface area contributed by atoms with Crippen LogP contribution in [0.15, 0.2) is 60.8 Å². The number of nitrogens with zero attached hydrogens (tertiary/aromatic N) is 1. The summed E-state index contributed by atoms with van der Waals surface area (Å²) in [5, 5.41) is 2.69. The van der Waals surface area contributed by atoms with E-state index >= 15 is 0 Å². The summed E-state index contributed by atoms with van der Waals surface area (Å²) in [6.45, 7) is 5.48. The number of rotatable bonds is 8. The minimum atomic E-state index is -0.817. The summed E-state index contributed by atoms with van der Waals surface area (Å²) < 4.78 is 48.8. The van der Waals surface area contributed by atoms with Gasteiger partial charge in [0.2, 0.25) is 5.91 Å². The Morgan fingerprint density at radius 2 is 1.86 bits per heavy atom. The first-order chi connectivity index (χ1) is 16.8. The molecule has 1 heterocycles. The molecular formula is C28H27F3N2O2. The Labute approximate surface area is 203 Å². The number of amides is 1. The van der Waals surface area contributed by atoms with E-state index in [1.807, 2.05) is 13.0 Å². The number of carbonyl (C=O) groups is 1. The number of hydrogen-bond acceptors (Lipinski definition) is 3. The van der Waals surface area contributed by atoms with Crippen LogP contribution in [0.4, 0.5) is 18.9 Å². The second-order valence-electron chi connectivity index (χ2n) is 7.92. The van der Waals surface area contributed by atoms with Crippen LogP contribution in [0.25, 0.3) is 16.7 Å². The zero-order valence-corrected chi connectivity index (χ0v) is 20.1. The van der Waals surface area contributed by atoms with E-state index in [1.165, 1.54) is 43.6 Å². The van der Waals surface area contributed by atoms with Gasteiger partial charge in [-0.1, -0.05) is 25.5 Å². The van der Waals surface area contributed by atoms with Gasteiger partial charge in [-0.25, -0.2) is 13.2 Å². The minimum absolute atomic E-state index is 0.0848. The van der Waals surface area contributed by atoms with E-state index < -0.39 is 17.5 Å². The van der Waals surface area contributed by atoms with Crippen molar-refractivity contribution < 1.29 is 22.7 Å². The number of benzene rings is 2. The number of unbranched alkanes of at least 4 members (excludes halogenated alkanes) is 1. The van der Waals surface area contributed by atoms with Gasteiger partial charge in [0, 0.05) is 45.9 Å². The molecule has 0 fully saturated rings. The van der Waals surface area contributed by atoms with E-state index in [0.29, 0.717) is 34.5 Å². The Bertz CT molecular complexity index is 1300. The summed E-state index contributed by atoms with van der Waals surface area (Å²) in [5.74, 6) is -2.48. The van der Waals surface area contributed by atoms with Crippen LogP contribution < -0.4 is 10.1 Å². The van der Waals surface area contributed by atoms with Crippen LogP contribution in [0.3, 0.4) is 0 Å². The maximum Gasteiger partial charge on any atom is 0.248 e. The number of halogens is 3. The van der Waals surface area contributed by atoms with E-state index in [9.17, 15) is 18.0 Å². The van der Waals surface area contributed by atoms with Gasteiger partial charge in [0.15, 0.2) is 11.6 Å². The average molecular weight is 481 g/mol. The molecule has 182 valence electrons. The molecule has 0 spiro atoms. The van der Waals surface area contributed by atoms with Gasteiger partial charge in [-0.15, -0.1) is 0 Å². The predicted octanol–water partition coefficient (Wildman–Crippen LogP) is 7.23. The van der Waals surface area contributed by atoms with Crippen molar-refractivity contribution >= 4 is 17.2 Å². The Kier molecular flexibility index (Phi) is 8.47. The molecule has 1 N–H and O–H groups in total. The second-order valence-corrected chi connectivity index (χ2v) is 7.92. The molecule has 3 rings (SSSR count). The van der Waals surface area contributed by atoms with E-state index in [0.717, 1.165) is 12.5 Å². The van der Waals surface area contributed by atoms with Crippen molar-refractivity contribution in [3.05, 3.63) is 95.1 Å². The molecule has 2 aromatic carbocycles. The highest BCUT2D eigenvalue weighted by molar-refractivity contribution is 5.99. The molecule has 4 nitrogen and oxygen atoms in total. The van der Waals surface area contributed by atoms with E-state index in [2.05, 4.69) is 10.3 Å². The molecule has 7 heteroatoms. The first-order valence-electron chi connectivity index (χ1n) is 11.2. The third kappa shape index (κ3) is 5.98. The van der Waals surface area contributed by atoms with Crippen LogP contribution in [0.5, 0.6) is 5.75 Å². The van der Waals surface area contributed by atoms with E-state index in [-0.39, 0.29) is 22.8 Å². The summed E-state index contributed by atoms with van der Waals surface area (Å²) in [6.07, 6.45) is 7.80. The van der Waals surface area contributed by atoms with Crippen LogP contribution in [0.2, 0.25) is 0 Å². The monoisotopic (exact) mass is 480 g/mol. The zero-order chi connectivity index (χ0) is 25.5. The smallest absolute Gasteiger partial charge is 0.248 e. The maximum absolute atomic E-state index is 14.8. The lowest BCUT2D eigenvalue weighted by molar-refractivity contribution is -0.111. The highest BCUT2D eigenvalue weighted by atomic mass is 19.1. The number of aryl methyl sites for hydroxylation is 1. The lowest BCUT2D eigenvalue weighted by atomic mass is 9.92. The molecule has 0 radical (unpaired) electrons. The highest BCUT2D eigenvalue weighted by Crippen LogP contribution is 2.37. The highest BCUT2D eigenvalue weighted by Gasteiger charge is 2.20. The quantitative estimate of drug-likeness (QED) is 0.346. The van der Waals surface area contributed by atoms with E-state index in [1.54, 1.807) is 26.0 Å².